The number of hydrogen-bond donors (Lipinski definition) is 0. The molecule has 0 saturated carbocycles. The minimum Gasteiger partial charge on any atom is -0.208 e. The minimum atomic E-state index is 0.631. The quantitative estimate of drug-likeness (QED) is 0.157. The van der Waals surface area contributed by atoms with Crippen LogP contribution in [0.5, 0.6) is 0 Å². The molecule has 0 N–H and O–H groups in total. The Kier molecular flexibility index (Phi) is 8.22. The molecule has 12 aromatic carbocycles. The number of benzene rings is 11. The van der Waals surface area contributed by atoms with Gasteiger partial charge in [-0.1, -0.05) is 206 Å². The summed E-state index contributed by atoms with van der Waals surface area (Å²) < 4.78 is 0. The largest absolute Gasteiger partial charge is 0.208 e. The molecular formula is C61H37N3. The Hall–Kier alpha value is -8.53. The first-order chi connectivity index (χ1) is 31.7. The van der Waals surface area contributed by atoms with E-state index < -0.39 is 0 Å². The maximum absolute atomic E-state index is 5.11. The smallest absolute Gasteiger partial charge is 0.164 e. The van der Waals surface area contributed by atoms with Crippen LogP contribution in [0.3, 0.4) is 0 Å². The van der Waals surface area contributed by atoms with Gasteiger partial charge >= 0.3 is 0 Å². The van der Waals surface area contributed by atoms with Crippen LogP contribution in [-0.4, -0.2) is 15.0 Å². The Morgan fingerprint density at radius 2 is 0.609 bits per heavy atom. The summed E-state index contributed by atoms with van der Waals surface area (Å²) in [4.78, 5) is 15.2. The summed E-state index contributed by atoms with van der Waals surface area (Å²) in [7, 11) is 0. The van der Waals surface area contributed by atoms with Gasteiger partial charge in [-0.2, -0.15) is 0 Å². The molecule has 1 heterocycles. The molecule has 3 nitrogen and oxygen atoms in total. The van der Waals surface area contributed by atoms with Gasteiger partial charge < -0.3 is 0 Å². The lowest BCUT2D eigenvalue weighted by molar-refractivity contribution is 1.07. The Morgan fingerprint density at radius 3 is 1.20 bits per heavy atom. The van der Waals surface area contributed by atoms with E-state index in [9.17, 15) is 0 Å². The molecule has 0 unspecified atom stereocenters. The van der Waals surface area contributed by atoms with E-state index in [1.807, 2.05) is 24.3 Å². The van der Waals surface area contributed by atoms with Crippen molar-refractivity contribution in [1.82, 2.24) is 15.0 Å². The van der Waals surface area contributed by atoms with Crippen molar-refractivity contribution in [3.63, 3.8) is 0 Å². The van der Waals surface area contributed by atoms with E-state index in [-0.39, 0.29) is 0 Å². The van der Waals surface area contributed by atoms with Gasteiger partial charge in [0.1, 0.15) is 0 Å². The highest BCUT2D eigenvalue weighted by atomic mass is 15.0. The van der Waals surface area contributed by atoms with Gasteiger partial charge in [-0.05, 0) is 116 Å². The van der Waals surface area contributed by atoms with Gasteiger partial charge in [0.15, 0.2) is 17.5 Å². The predicted octanol–water partition coefficient (Wildman–Crippen LogP) is 16.2. The lowest BCUT2D eigenvalue weighted by atomic mass is 9.85. The first-order valence-electron chi connectivity index (χ1n) is 21.8. The standard InChI is InChI=1S/C61H37N3/c1-3-13-38(14-4-1)45-20-9-21-47(35-45)61-63-59(43-15-5-2-6-16-43)62-60(64-61)44-32-27-39(28-33-44)49-22-7-8-23-50(49)48-36-46-34-31-42-18-11-25-52-51-24-10-17-40-29-30-41-19-12-26-53(57(41)55(40)51)54(37-48)58(46)56(42)52/h1-37H. The molecule has 3 heteroatoms. The molecule has 13 rings (SSSR count). The van der Waals surface area contributed by atoms with Crippen LogP contribution >= 0.6 is 0 Å². The predicted molar refractivity (Wildman–Crippen MR) is 269 cm³/mol. The summed E-state index contributed by atoms with van der Waals surface area (Å²) in [5.74, 6) is 1.91. The van der Waals surface area contributed by atoms with Crippen molar-refractivity contribution in [2.45, 2.75) is 0 Å². The molecule has 0 radical (unpaired) electrons. The van der Waals surface area contributed by atoms with Gasteiger partial charge in [-0.25, -0.2) is 15.0 Å². The second-order valence-electron chi connectivity index (χ2n) is 16.7. The van der Waals surface area contributed by atoms with Crippen molar-refractivity contribution >= 4 is 64.6 Å². The monoisotopic (exact) mass is 811 g/mol. The highest BCUT2D eigenvalue weighted by Gasteiger charge is 2.18. The Balaban J connectivity index is 0.968. The fourth-order valence-corrected chi connectivity index (χ4v) is 10.0. The molecule has 0 spiro atoms. The number of hydrogen-bond acceptors (Lipinski definition) is 3. The zero-order valence-corrected chi connectivity index (χ0v) is 34.7. The maximum Gasteiger partial charge on any atom is 0.164 e. The minimum absolute atomic E-state index is 0.631. The SMILES string of the molecule is c1ccc(-c2cccc(-c3nc(-c4ccccc4)nc(-c4ccc(-c5ccccc5-c5cc6ccc7cccc8c9cccc%10ccc%11cccc(c(c5)c6c78)c%11c%109)cc4)n3)c2)cc1. The van der Waals surface area contributed by atoms with Crippen LogP contribution in [0.4, 0.5) is 0 Å². The number of nitrogens with zero attached hydrogens (tertiary/aromatic N) is 3. The molecule has 0 fully saturated rings. The van der Waals surface area contributed by atoms with Crippen LogP contribution in [0.15, 0.2) is 224 Å². The zero-order valence-electron chi connectivity index (χ0n) is 34.7. The molecule has 1 aromatic heterocycles. The molecule has 0 atom stereocenters. The van der Waals surface area contributed by atoms with E-state index in [1.54, 1.807) is 0 Å². The van der Waals surface area contributed by atoms with Crippen molar-refractivity contribution in [2.75, 3.05) is 0 Å². The third-order valence-electron chi connectivity index (χ3n) is 13.0. The van der Waals surface area contributed by atoms with E-state index in [2.05, 4.69) is 200 Å². The van der Waals surface area contributed by atoms with Crippen molar-refractivity contribution in [2.24, 2.45) is 0 Å². The maximum atomic E-state index is 5.11. The van der Waals surface area contributed by atoms with E-state index in [4.69, 9.17) is 15.0 Å². The average Bonchev–Trinajstić information content (AvgIpc) is 3.37. The van der Waals surface area contributed by atoms with Gasteiger partial charge in [0.25, 0.3) is 0 Å². The van der Waals surface area contributed by atoms with Gasteiger partial charge in [0, 0.05) is 16.7 Å². The number of aromatic nitrogens is 3. The summed E-state index contributed by atoms with van der Waals surface area (Å²) in [6, 6.07) is 80.8. The topological polar surface area (TPSA) is 38.7 Å². The van der Waals surface area contributed by atoms with Crippen molar-refractivity contribution in [3.8, 4) is 67.5 Å². The van der Waals surface area contributed by atoms with E-state index in [0.29, 0.717) is 17.5 Å². The first-order valence-corrected chi connectivity index (χ1v) is 21.8. The third-order valence-corrected chi connectivity index (χ3v) is 13.0. The molecule has 0 aliphatic rings. The highest BCUT2D eigenvalue weighted by Crippen LogP contribution is 2.45. The molecule has 0 amide bonds. The van der Waals surface area contributed by atoms with Crippen LogP contribution in [0, 0.1) is 0 Å². The molecule has 0 aliphatic heterocycles. The Morgan fingerprint density at radius 1 is 0.203 bits per heavy atom. The van der Waals surface area contributed by atoms with Crippen LogP contribution in [0.25, 0.3) is 132 Å². The van der Waals surface area contributed by atoms with E-state index in [0.717, 1.165) is 38.9 Å². The highest BCUT2D eigenvalue weighted by molar-refractivity contribution is 6.37. The summed E-state index contributed by atoms with van der Waals surface area (Å²) in [6.07, 6.45) is 0. The fraction of sp³-hybridized carbons (Fsp3) is 0. The first kappa shape index (κ1) is 36.2. The van der Waals surface area contributed by atoms with Crippen molar-refractivity contribution in [1.29, 1.82) is 0 Å². The Labute approximate surface area is 370 Å². The third kappa shape index (κ3) is 5.86. The summed E-state index contributed by atoms with van der Waals surface area (Å²) >= 11 is 0. The second kappa shape index (κ2) is 14.5. The van der Waals surface area contributed by atoms with Crippen LogP contribution in [0.1, 0.15) is 0 Å². The Bertz CT molecular complexity index is 3930. The van der Waals surface area contributed by atoms with Crippen molar-refractivity contribution < 1.29 is 0 Å². The number of fused-ring (bicyclic) bond motifs is 2. The fourth-order valence-electron chi connectivity index (χ4n) is 10.0. The van der Waals surface area contributed by atoms with Gasteiger partial charge in [0.05, 0.1) is 0 Å². The molecule has 64 heavy (non-hydrogen) atoms. The zero-order chi connectivity index (χ0) is 42.1. The van der Waals surface area contributed by atoms with Crippen LogP contribution < -0.4 is 0 Å². The number of rotatable bonds is 6. The lowest BCUT2D eigenvalue weighted by Crippen LogP contribution is -2.00. The second-order valence-corrected chi connectivity index (χ2v) is 16.7. The molecule has 0 aliphatic carbocycles. The van der Waals surface area contributed by atoms with Gasteiger partial charge in [0.2, 0.25) is 0 Å². The van der Waals surface area contributed by atoms with Gasteiger partial charge in [-0.3, -0.25) is 0 Å². The molecule has 13 aromatic rings. The average molecular weight is 812 g/mol. The molecule has 296 valence electrons. The van der Waals surface area contributed by atoms with Gasteiger partial charge in [-0.15, -0.1) is 0 Å². The molecule has 0 bridgehead atoms. The summed E-state index contributed by atoms with van der Waals surface area (Å²) in [5.41, 5.74) is 9.72. The summed E-state index contributed by atoms with van der Waals surface area (Å²) in [5, 5.41) is 15.3. The summed E-state index contributed by atoms with van der Waals surface area (Å²) in [6.45, 7) is 0. The molecule has 0 saturated heterocycles. The van der Waals surface area contributed by atoms with Crippen LogP contribution in [-0.2, 0) is 0 Å². The van der Waals surface area contributed by atoms with E-state index >= 15 is 0 Å². The van der Waals surface area contributed by atoms with E-state index in [1.165, 1.54) is 75.8 Å². The van der Waals surface area contributed by atoms with Crippen molar-refractivity contribution in [3.05, 3.63) is 224 Å². The molecular weight excluding hydrogens is 775 g/mol. The van der Waals surface area contributed by atoms with Crippen LogP contribution in [0.2, 0.25) is 0 Å². The lowest BCUT2D eigenvalue weighted by Gasteiger charge is -2.18. The normalized spacial score (nSPS) is 11.8.